The van der Waals surface area contributed by atoms with Crippen LogP contribution in [-0.4, -0.2) is 74.5 Å². The molecule has 13 heteroatoms. The largest absolute Gasteiger partial charge is 0.451 e. The number of rotatable bonds is 21. The number of hydrogen-bond acceptors (Lipinski definition) is 12. The Hall–Kier alpha value is -6.68. The standard InChI is InChI=1S/C51H52N4O9/c52-42(58)33-40(55-50(37-25-13-4-14-26-37,38-27-15-5-16-28-38)39-29-17-6-18-30-39)45(59)49(44(53)36-23-11-3-12-24-36,47(61)51(54,63)46(60)41(57)31-32-56)48(62)64-43(34-19-7-1-8-20-34)35-21-9-2-10-22-35/h1-30,40-41,43-44,46,55-57,60,63H,31-33,53-54H2,(H2,52,58)/t40-,41?,44?,46?,49?,51?/m0/s1. The Bertz CT molecular complexity index is 2330. The average Bonchev–Trinajstić information content (AvgIpc) is 3.33. The molecule has 330 valence electrons. The molecule has 0 saturated carbocycles. The fraction of sp³-hybridized carbons (Fsp3) is 0.216. The molecule has 0 radical (unpaired) electrons. The molecule has 0 bridgehead atoms. The van der Waals surface area contributed by atoms with Crippen molar-refractivity contribution in [2.75, 3.05) is 6.61 Å². The van der Waals surface area contributed by atoms with E-state index in [0.717, 1.165) is 0 Å². The maximum absolute atomic E-state index is 16.4. The highest BCUT2D eigenvalue weighted by atomic mass is 16.5. The Labute approximate surface area is 371 Å². The molecule has 6 aromatic rings. The molecule has 0 aliphatic carbocycles. The molecular weight excluding hydrogens is 813 g/mol. The van der Waals surface area contributed by atoms with E-state index in [1.54, 1.807) is 158 Å². The summed E-state index contributed by atoms with van der Waals surface area (Å²) < 4.78 is 6.34. The normalized spacial score (nSPS) is 15.4. The van der Waals surface area contributed by atoms with E-state index in [1.807, 2.05) is 0 Å². The van der Waals surface area contributed by atoms with Gasteiger partial charge in [-0.15, -0.1) is 0 Å². The van der Waals surface area contributed by atoms with Crippen molar-refractivity contribution in [1.29, 1.82) is 0 Å². The van der Waals surface area contributed by atoms with Crippen molar-refractivity contribution in [3.8, 4) is 0 Å². The van der Waals surface area contributed by atoms with Crippen LogP contribution in [0, 0.1) is 5.41 Å². The number of benzene rings is 6. The van der Waals surface area contributed by atoms with Crippen LogP contribution in [0.5, 0.6) is 0 Å². The smallest absolute Gasteiger partial charge is 0.330 e. The van der Waals surface area contributed by atoms with E-state index in [9.17, 15) is 25.2 Å². The summed E-state index contributed by atoms with van der Waals surface area (Å²) in [4.78, 5) is 61.2. The van der Waals surface area contributed by atoms with Crippen molar-refractivity contribution >= 4 is 23.4 Å². The molecule has 6 aromatic carbocycles. The Kier molecular flexibility index (Phi) is 15.1. The van der Waals surface area contributed by atoms with Gasteiger partial charge in [0.1, 0.15) is 6.10 Å². The van der Waals surface area contributed by atoms with Gasteiger partial charge in [-0.25, -0.2) is 0 Å². The summed E-state index contributed by atoms with van der Waals surface area (Å²) in [6, 6.07) is 47.3. The first-order valence-electron chi connectivity index (χ1n) is 20.7. The number of primary amides is 1. The van der Waals surface area contributed by atoms with E-state index < -0.39 is 90.0 Å². The predicted molar refractivity (Wildman–Crippen MR) is 239 cm³/mol. The van der Waals surface area contributed by atoms with Crippen LogP contribution in [0.1, 0.15) is 58.4 Å². The van der Waals surface area contributed by atoms with E-state index in [1.165, 1.54) is 24.3 Å². The van der Waals surface area contributed by atoms with Crippen LogP contribution in [0.4, 0.5) is 0 Å². The van der Waals surface area contributed by atoms with Gasteiger partial charge >= 0.3 is 5.97 Å². The molecule has 0 aromatic heterocycles. The second-order valence-electron chi connectivity index (χ2n) is 15.6. The minimum atomic E-state index is -3.64. The summed E-state index contributed by atoms with van der Waals surface area (Å²) in [5.74, 6) is -5.91. The SMILES string of the molecule is NC(=O)C[C@H](NC(c1ccccc1)(c1ccccc1)c1ccccc1)C(=O)C(C(=O)OC(c1ccccc1)c1ccccc1)(C(=O)C(N)(O)C(O)C(O)CCO)C(N)c1ccccc1. The van der Waals surface area contributed by atoms with Crippen molar-refractivity contribution in [2.24, 2.45) is 22.6 Å². The number of carbonyl (C=O) groups is 4. The number of nitrogens with one attached hydrogen (secondary N) is 1. The number of carbonyl (C=O) groups excluding carboxylic acids is 4. The molecule has 6 atom stereocenters. The van der Waals surface area contributed by atoms with Gasteiger partial charge in [0.25, 0.3) is 0 Å². The number of Topliss-reactive ketones (excluding diaryl/α,β-unsaturated/α-hetero) is 2. The highest BCUT2D eigenvalue weighted by Crippen LogP contribution is 2.45. The number of aliphatic hydroxyl groups is 4. The van der Waals surface area contributed by atoms with Crippen LogP contribution >= 0.6 is 0 Å². The average molecular weight is 865 g/mol. The molecule has 11 N–H and O–H groups in total. The summed E-state index contributed by atoms with van der Waals surface area (Å²) in [6.45, 7) is -0.709. The molecule has 1 amide bonds. The molecule has 0 spiro atoms. The topological polar surface area (TPSA) is 249 Å². The van der Waals surface area contributed by atoms with Crippen LogP contribution in [0.2, 0.25) is 0 Å². The number of ether oxygens (including phenoxy) is 1. The van der Waals surface area contributed by atoms with Crippen molar-refractivity contribution in [2.45, 2.75) is 54.5 Å². The molecule has 5 unspecified atom stereocenters. The Morgan fingerprint density at radius 2 is 0.984 bits per heavy atom. The predicted octanol–water partition coefficient (Wildman–Crippen LogP) is 3.72. The minimum Gasteiger partial charge on any atom is -0.451 e. The van der Waals surface area contributed by atoms with Gasteiger partial charge in [0.05, 0.1) is 23.7 Å². The second kappa shape index (κ2) is 20.7. The summed E-state index contributed by atoms with van der Waals surface area (Å²) >= 11 is 0. The van der Waals surface area contributed by atoms with Gasteiger partial charge in [0.15, 0.2) is 11.9 Å². The van der Waals surface area contributed by atoms with Crippen LogP contribution in [0.3, 0.4) is 0 Å². The van der Waals surface area contributed by atoms with Gasteiger partial charge in [-0.05, 0) is 39.8 Å². The highest BCUT2D eigenvalue weighted by Gasteiger charge is 2.67. The van der Waals surface area contributed by atoms with Crippen LogP contribution in [0.15, 0.2) is 182 Å². The fourth-order valence-corrected chi connectivity index (χ4v) is 8.22. The number of aliphatic hydroxyl groups excluding tert-OH is 3. The Morgan fingerprint density at radius 3 is 1.36 bits per heavy atom. The van der Waals surface area contributed by atoms with E-state index in [4.69, 9.17) is 21.9 Å². The lowest BCUT2D eigenvalue weighted by molar-refractivity contribution is -0.187. The highest BCUT2D eigenvalue weighted by molar-refractivity contribution is 6.27. The molecule has 13 nitrogen and oxygen atoms in total. The molecule has 0 heterocycles. The summed E-state index contributed by atoms with van der Waals surface area (Å²) in [5, 5.41) is 47.4. The van der Waals surface area contributed by atoms with Gasteiger partial charge < -0.3 is 36.6 Å². The van der Waals surface area contributed by atoms with Crippen molar-refractivity contribution < 1.29 is 44.3 Å². The molecule has 64 heavy (non-hydrogen) atoms. The van der Waals surface area contributed by atoms with Crippen LogP contribution < -0.4 is 22.5 Å². The number of nitrogens with two attached hydrogens (primary N) is 3. The summed E-state index contributed by atoms with van der Waals surface area (Å²) in [5.41, 5.74) is 13.3. The lowest BCUT2D eigenvalue weighted by atomic mass is 9.64. The Morgan fingerprint density at radius 1 is 0.609 bits per heavy atom. The summed E-state index contributed by atoms with van der Waals surface area (Å²) in [6.07, 6.45) is -7.39. The third-order valence-corrected chi connectivity index (χ3v) is 11.5. The Balaban J connectivity index is 1.69. The first-order chi connectivity index (χ1) is 30.8. The third kappa shape index (κ3) is 9.47. The first-order valence-corrected chi connectivity index (χ1v) is 20.7. The van der Waals surface area contributed by atoms with E-state index in [2.05, 4.69) is 5.32 Å². The maximum atomic E-state index is 16.4. The fourth-order valence-electron chi connectivity index (χ4n) is 8.22. The van der Waals surface area contributed by atoms with E-state index >= 15 is 14.4 Å². The van der Waals surface area contributed by atoms with E-state index in [-0.39, 0.29) is 5.56 Å². The quantitative estimate of drug-likeness (QED) is 0.0223. The molecule has 6 rings (SSSR count). The van der Waals surface area contributed by atoms with Crippen LogP contribution in [0.25, 0.3) is 0 Å². The van der Waals surface area contributed by atoms with Crippen molar-refractivity contribution in [3.05, 3.63) is 215 Å². The van der Waals surface area contributed by atoms with Crippen molar-refractivity contribution in [3.63, 3.8) is 0 Å². The molecule has 0 aliphatic rings. The van der Waals surface area contributed by atoms with Crippen LogP contribution in [-0.2, 0) is 29.5 Å². The van der Waals surface area contributed by atoms with Crippen molar-refractivity contribution in [1.82, 2.24) is 5.32 Å². The zero-order valence-corrected chi connectivity index (χ0v) is 34.9. The number of esters is 1. The first kappa shape index (κ1) is 46.8. The van der Waals surface area contributed by atoms with Gasteiger partial charge in [-0.2, -0.15) is 0 Å². The molecule has 0 saturated heterocycles. The minimum absolute atomic E-state index is 0.0107. The third-order valence-electron chi connectivity index (χ3n) is 11.5. The van der Waals surface area contributed by atoms with Gasteiger partial charge in [0.2, 0.25) is 22.8 Å². The summed E-state index contributed by atoms with van der Waals surface area (Å²) in [7, 11) is 0. The number of amides is 1. The maximum Gasteiger partial charge on any atom is 0.330 e. The molecule has 0 fully saturated rings. The van der Waals surface area contributed by atoms with Gasteiger partial charge in [-0.3, -0.25) is 30.2 Å². The second-order valence-corrected chi connectivity index (χ2v) is 15.6. The van der Waals surface area contributed by atoms with Gasteiger partial charge in [0, 0.05) is 13.0 Å². The number of hydrogen-bond donors (Lipinski definition) is 8. The number of ketones is 2. The zero-order chi connectivity index (χ0) is 45.9. The lowest BCUT2D eigenvalue weighted by Gasteiger charge is -2.45. The monoisotopic (exact) mass is 864 g/mol. The zero-order valence-electron chi connectivity index (χ0n) is 34.9. The lowest BCUT2D eigenvalue weighted by Crippen LogP contribution is -2.72. The van der Waals surface area contributed by atoms with E-state index in [0.29, 0.717) is 27.8 Å². The van der Waals surface area contributed by atoms with Gasteiger partial charge in [-0.1, -0.05) is 182 Å². The molecular formula is C51H52N4O9. The molecule has 0 aliphatic heterocycles.